The minimum absolute atomic E-state index is 0.591. The highest BCUT2D eigenvalue weighted by Crippen LogP contribution is 2.21. The van der Waals surface area contributed by atoms with E-state index in [4.69, 9.17) is 11.6 Å². The van der Waals surface area contributed by atoms with Gasteiger partial charge in [0.15, 0.2) is 0 Å². The zero-order valence-electron chi connectivity index (χ0n) is 12.7. The highest BCUT2D eigenvalue weighted by Gasteiger charge is 2.10. The van der Waals surface area contributed by atoms with Crippen LogP contribution in [-0.4, -0.2) is 5.33 Å². The lowest BCUT2D eigenvalue weighted by molar-refractivity contribution is 0.591. The van der Waals surface area contributed by atoms with Crippen molar-refractivity contribution in [2.45, 2.75) is 32.6 Å². The van der Waals surface area contributed by atoms with Gasteiger partial charge in [-0.1, -0.05) is 77.8 Å². The molecule has 0 aliphatic heterocycles. The van der Waals surface area contributed by atoms with E-state index in [0.717, 1.165) is 23.2 Å². The van der Waals surface area contributed by atoms with Crippen LogP contribution in [0.5, 0.6) is 0 Å². The Balaban J connectivity index is 2.01. The molecule has 0 amide bonds. The van der Waals surface area contributed by atoms with Gasteiger partial charge in [0.25, 0.3) is 0 Å². The van der Waals surface area contributed by atoms with E-state index in [1.165, 1.54) is 16.7 Å². The van der Waals surface area contributed by atoms with E-state index in [0.29, 0.717) is 11.8 Å². The fraction of sp³-hybridized carbons (Fsp3) is 0.368. The van der Waals surface area contributed by atoms with Crippen molar-refractivity contribution in [3.63, 3.8) is 0 Å². The second-order valence-corrected chi connectivity index (χ2v) is 7.04. The fourth-order valence-corrected chi connectivity index (χ4v) is 3.22. The number of rotatable bonds is 6. The average Bonchev–Trinajstić information content (AvgIpc) is 2.47. The minimum Gasteiger partial charge on any atom is -0.0925 e. The van der Waals surface area contributed by atoms with Gasteiger partial charge < -0.3 is 0 Å². The summed E-state index contributed by atoms with van der Waals surface area (Å²) in [4.78, 5) is 0. The number of benzene rings is 2. The van der Waals surface area contributed by atoms with Crippen LogP contribution in [0.15, 0.2) is 48.5 Å². The van der Waals surface area contributed by atoms with Crippen molar-refractivity contribution in [2.24, 2.45) is 5.92 Å². The molecule has 0 fully saturated rings. The number of hydrogen-bond donors (Lipinski definition) is 0. The van der Waals surface area contributed by atoms with Gasteiger partial charge in [-0.25, -0.2) is 0 Å². The predicted molar refractivity (Wildman–Crippen MR) is 96.7 cm³/mol. The first-order valence-corrected chi connectivity index (χ1v) is 8.97. The topological polar surface area (TPSA) is 0 Å². The van der Waals surface area contributed by atoms with Crippen molar-refractivity contribution in [1.82, 2.24) is 0 Å². The van der Waals surface area contributed by atoms with Crippen LogP contribution < -0.4 is 0 Å². The fourth-order valence-electron chi connectivity index (χ4n) is 2.55. The average molecular weight is 366 g/mol. The van der Waals surface area contributed by atoms with Crippen LogP contribution in [0.4, 0.5) is 0 Å². The van der Waals surface area contributed by atoms with E-state index in [-0.39, 0.29) is 0 Å². The van der Waals surface area contributed by atoms with E-state index in [9.17, 15) is 0 Å². The standard InChI is InChI=1S/C19H22BrCl/c1-14(2)18-8-6-15(7-9-18)10-17(13-20)11-16-4-3-5-19(21)12-16/h3-9,12,14,17H,10-11,13H2,1-2H3. The zero-order chi connectivity index (χ0) is 15.2. The lowest BCUT2D eigenvalue weighted by Gasteiger charge is -2.15. The maximum Gasteiger partial charge on any atom is 0.0408 e. The molecule has 0 radical (unpaired) electrons. The molecule has 112 valence electrons. The van der Waals surface area contributed by atoms with Crippen LogP contribution in [-0.2, 0) is 12.8 Å². The molecule has 2 heteroatoms. The van der Waals surface area contributed by atoms with E-state index >= 15 is 0 Å². The second-order valence-electron chi connectivity index (χ2n) is 5.95. The SMILES string of the molecule is CC(C)c1ccc(CC(CBr)Cc2cccc(Cl)c2)cc1. The van der Waals surface area contributed by atoms with Crippen LogP contribution in [0.2, 0.25) is 5.02 Å². The summed E-state index contributed by atoms with van der Waals surface area (Å²) in [7, 11) is 0. The Labute approximate surface area is 141 Å². The first kappa shape index (κ1) is 16.6. The third kappa shape index (κ3) is 5.16. The van der Waals surface area contributed by atoms with Crippen molar-refractivity contribution in [3.8, 4) is 0 Å². The van der Waals surface area contributed by atoms with Crippen LogP contribution in [0.3, 0.4) is 0 Å². The van der Waals surface area contributed by atoms with Gasteiger partial charge in [0.2, 0.25) is 0 Å². The van der Waals surface area contributed by atoms with Crippen LogP contribution in [0.25, 0.3) is 0 Å². The van der Waals surface area contributed by atoms with E-state index < -0.39 is 0 Å². The molecule has 0 saturated heterocycles. The van der Waals surface area contributed by atoms with Gasteiger partial charge in [-0.3, -0.25) is 0 Å². The van der Waals surface area contributed by atoms with Crippen molar-refractivity contribution in [3.05, 3.63) is 70.2 Å². The normalized spacial score (nSPS) is 12.6. The number of hydrogen-bond acceptors (Lipinski definition) is 0. The van der Waals surface area contributed by atoms with E-state index in [1.54, 1.807) is 0 Å². The Hall–Kier alpha value is -0.790. The van der Waals surface area contributed by atoms with Gasteiger partial charge in [0.05, 0.1) is 0 Å². The highest BCUT2D eigenvalue weighted by molar-refractivity contribution is 9.09. The summed E-state index contributed by atoms with van der Waals surface area (Å²) < 4.78 is 0. The lowest BCUT2D eigenvalue weighted by Crippen LogP contribution is -2.10. The molecule has 0 aliphatic carbocycles. The Morgan fingerprint density at radius 1 is 0.952 bits per heavy atom. The van der Waals surface area contributed by atoms with Crippen molar-refractivity contribution in [2.75, 3.05) is 5.33 Å². The second kappa shape index (κ2) is 8.00. The molecule has 2 aromatic rings. The molecule has 21 heavy (non-hydrogen) atoms. The molecular formula is C19H22BrCl. The number of halogens is 2. The largest absolute Gasteiger partial charge is 0.0925 e. The smallest absolute Gasteiger partial charge is 0.0408 e. The Kier molecular flexibility index (Phi) is 6.32. The van der Waals surface area contributed by atoms with Gasteiger partial charge in [-0.15, -0.1) is 0 Å². The zero-order valence-corrected chi connectivity index (χ0v) is 15.0. The summed E-state index contributed by atoms with van der Waals surface area (Å²) in [6.45, 7) is 4.46. The lowest BCUT2D eigenvalue weighted by atomic mass is 9.93. The van der Waals surface area contributed by atoms with Crippen molar-refractivity contribution < 1.29 is 0 Å². The van der Waals surface area contributed by atoms with Gasteiger partial charge >= 0.3 is 0 Å². The van der Waals surface area contributed by atoms with Gasteiger partial charge in [0, 0.05) is 10.4 Å². The maximum absolute atomic E-state index is 6.07. The molecular weight excluding hydrogens is 344 g/mol. The molecule has 0 spiro atoms. The minimum atomic E-state index is 0.591. The first-order chi connectivity index (χ1) is 10.1. The van der Waals surface area contributed by atoms with E-state index in [1.807, 2.05) is 12.1 Å². The molecule has 2 rings (SSSR count). The molecule has 1 atom stereocenters. The molecule has 0 N–H and O–H groups in total. The summed E-state index contributed by atoms with van der Waals surface area (Å²) in [5.41, 5.74) is 4.13. The summed E-state index contributed by atoms with van der Waals surface area (Å²) in [5.74, 6) is 1.19. The predicted octanol–water partition coefficient (Wildman–Crippen LogP) is 6.26. The molecule has 0 bridgehead atoms. The Morgan fingerprint density at radius 3 is 2.19 bits per heavy atom. The van der Waals surface area contributed by atoms with Crippen LogP contribution in [0.1, 0.15) is 36.5 Å². The molecule has 1 unspecified atom stereocenters. The Bertz CT molecular complexity index is 560. The summed E-state index contributed by atoms with van der Waals surface area (Å²) in [5, 5.41) is 1.83. The third-order valence-corrected chi connectivity index (χ3v) is 4.95. The number of alkyl halides is 1. The Morgan fingerprint density at radius 2 is 1.62 bits per heavy atom. The van der Waals surface area contributed by atoms with Gasteiger partial charge in [0.1, 0.15) is 0 Å². The summed E-state index contributed by atoms with van der Waals surface area (Å²) in [6.07, 6.45) is 2.15. The molecule has 2 aromatic carbocycles. The maximum atomic E-state index is 6.07. The molecule has 0 heterocycles. The van der Waals surface area contributed by atoms with Crippen LogP contribution >= 0.6 is 27.5 Å². The third-order valence-electron chi connectivity index (χ3n) is 3.80. The molecule has 0 aliphatic rings. The quantitative estimate of drug-likeness (QED) is 0.530. The van der Waals surface area contributed by atoms with E-state index in [2.05, 4.69) is 66.2 Å². The molecule has 0 nitrogen and oxygen atoms in total. The first-order valence-electron chi connectivity index (χ1n) is 7.47. The molecule has 0 aromatic heterocycles. The summed E-state index contributed by atoms with van der Waals surface area (Å²) in [6, 6.07) is 17.2. The monoisotopic (exact) mass is 364 g/mol. The molecule has 0 saturated carbocycles. The van der Waals surface area contributed by atoms with Crippen LogP contribution in [0, 0.1) is 5.92 Å². The summed E-state index contributed by atoms with van der Waals surface area (Å²) >= 11 is 9.72. The van der Waals surface area contributed by atoms with Gasteiger partial charge in [-0.2, -0.15) is 0 Å². The highest BCUT2D eigenvalue weighted by atomic mass is 79.9. The van der Waals surface area contributed by atoms with Gasteiger partial charge in [-0.05, 0) is 53.5 Å². The van der Waals surface area contributed by atoms with Crippen molar-refractivity contribution in [1.29, 1.82) is 0 Å². The van der Waals surface area contributed by atoms with Crippen molar-refractivity contribution >= 4 is 27.5 Å².